The highest BCUT2D eigenvalue weighted by molar-refractivity contribution is 7.80. The van der Waals surface area contributed by atoms with Crippen molar-refractivity contribution in [1.29, 1.82) is 0 Å². The Morgan fingerprint density at radius 1 is 1.03 bits per heavy atom. The molecule has 0 aliphatic carbocycles. The van der Waals surface area contributed by atoms with Crippen LogP contribution in [0.4, 0.5) is 0 Å². The maximum atomic E-state index is 11.3. The lowest BCUT2D eigenvalue weighted by Crippen LogP contribution is -2.13. The smallest absolute Gasteiger partial charge is 0.269 e. The van der Waals surface area contributed by atoms with Crippen molar-refractivity contribution in [3.8, 4) is 5.75 Å². The van der Waals surface area contributed by atoms with Gasteiger partial charge in [0, 0.05) is 21.2 Å². The van der Waals surface area contributed by atoms with E-state index in [2.05, 4.69) is 17.7 Å². The number of ether oxygens (including phenoxy) is 1. The summed E-state index contributed by atoms with van der Waals surface area (Å²) in [5.74, 6) is 0.178. The lowest BCUT2D eigenvalue weighted by Gasteiger charge is -2.13. The number of carbonyl (C=O) groups is 1. The van der Waals surface area contributed by atoms with Crippen LogP contribution < -0.4 is 10.5 Å². The highest BCUT2D eigenvalue weighted by atomic mass is 35.5. The van der Waals surface area contributed by atoms with Crippen LogP contribution in [0.25, 0.3) is 0 Å². The summed E-state index contributed by atoms with van der Waals surface area (Å²) in [6, 6.07) is 26.8. The predicted molar refractivity (Wildman–Crippen MR) is 131 cm³/mol. The van der Waals surface area contributed by atoms with Gasteiger partial charge in [0.1, 0.15) is 18.1 Å². The van der Waals surface area contributed by atoms with Gasteiger partial charge < -0.3 is 10.5 Å². The first-order valence-corrected chi connectivity index (χ1v) is 10.8. The van der Waals surface area contributed by atoms with Crippen molar-refractivity contribution in [2.45, 2.75) is 25.0 Å². The third-order valence-corrected chi connectivity index (χ3v) is 5.10. The van der Waals surface area contributed by atoms with Gasteiger partial charge >= 0.3 is 0 Å². The second kappa shape index (κ2) is 11.4. The van der Waals surface area contributed by atoms with Crippen LogP contribution in [0.5, 0.6) is 5.75 Å². The van der Waals surface area contributed by atoms with E-state index < -0.39 is 5.91 Å². The number of halogens is 1. The van der Waals surface area contributed by atoms with Crippen LogP contribution in [-0.2, 0) is 13.2 Å². The molecule has 2 N–H and O–H groups in total. The van der Waals surface area contributed by atoms with Gasteiger partial charge in [0.15, 0.2) is 0 Å². The standard InChI is InChI=1S/C19H18ClN3O2.C6H6S/c1-13-9-17(19(21)24)22-23(13)11-15-10-16(20)7-8-18(15)25-12-14-5-3-2-4-6-14;7-6-4-2-1-3-5-6/h2-10H,11-12H2,1H3,(H2,21,24);1-5,7H. The number of aromatic nitrogens is 2. The third-order valence-electron chi connectivity index (χ3n) is 4.57. The molecule has 0 saturated carbocycles. The van der Waals surface area contributed by atoms with E-state index in [4.69, 9.17) is 22.1 Å². The van der Waals surface area contributed by atoms with E-state index in [1.54, 1.807) is 16.8 Å². The Balaban J connectivity index is 0.000000352. The third kappa shape index (κ3) is 6.90. The van der Waals surface area contributed by atoms with Crippen LogP contribution >= 0.6 is 24.2 Å². The van der Waals surface area contributed by atoms with Crippen molar-refractivity contribution in [3.05, 3.63) is 112 Å². The van der Waals surface area contributed by atoms with Gasteiger partial charge in [0.05, 0.1) is 6.54 Å². The van der Waals surface area contributed by atoms with Crippen molar-refractivity contribution < 1.29 is 9.53 Å². The predicted octanol–water partition coefficient (Wildman–Crippen LogP) is 5.55. The molecule has 1 aromatic heterocycles. The lowest BCUT2D eigenvalue weighted by molar-refractivity contribution is 0.0995. The van der Waals surface area contributed by atoms with Crippen LogP contribution in [0.2, 0.25) is 5.02 Å². The number of rotatable bonds is 6. The summed E-state index contributed by atoms with van der Waals surface area (Å²) < 4.78 is 7.66. The number of amides is 1. The van der Waals surface area contributed by atoms with Gasteiger partial charge in [-0.05, 0) is 48.9 Å². The monoisotopic (exact) mass is 465 g/mol. The Labute approximate surface area is 198 Å². The normalized spacial score (nSPS) is 10.2. The zero-order chi connectivity index (χ0) is 22.9. The number of nitrogens with zero attached hydrogens (tertiary/aromatic N) is 2. The van der Waals surface area contributed by atoms with Crippen LogP contribution in [0.3, 0.4) is 0 Å². The second-order valence-corrected chi connectivity index (χ2v) is 8.01. The molecular weight excluding hydrogens is 442 g/mol. The van der Waals surface area contributed by atoms with Crippen molar-refractivity contribution in [2.75, 3.05) is 0 Å². The Morgan fingerprint density at radius 2 is 1.69 bits per heavy atom. The summed E-state index contributed by atoms with van der Waals surface area (Å²) >= 11 is 10.2. The number of primary amides is 1. The topological polar surface area (TPSA) is 70.1 Å². The van der Waals surface area contributed by atoms with E-state index in [9.17, 15) is 4.79 Å². The molecule has 0 fully saturated rings. The van der Waals surface area contributed by atoms with Gasteiger partial charge in [0.25, 0.3) is 5.91 Å². The van der Waals surface area contributed by atoms with E-state index in [1.165, 1.54) is 0 Å². The van der Waals surface area contributed by atoms with Crippen molar-refractivity contribution >= 4 is 30.1 Å². The Bertz CT molecular complexity index is 1160. The van der Waals surface area contributed by atoms with E-state index in [0.717, 1.165) is 27.5 Å². The second-order valence-electron chi connectivity index (χ2n) is 7.05. The Kier molecular flexibility index (Phi) is 8.36. The van der Waals surface area contributed by atoms with Gasteiger partial charge in [-0.3, -0.25) is 9.48 Å². The van der Waals surface area contributed by atoms with E-state index in [1.807, 2.05) is 79.7 Å². The summed E-state index contributed by atoms with van der Waals surface area (Å²) in [5.41, 5.74) is 8.33. The van der Waals surface area contributed by atoms with Gasteiger partial charge in [-0.2, -0.15) is 5.10 Å². The molecule has 4 aromatic rings. The van der Waals surface area contributed by atoms with Gasteiger partial charge in [0.2, 0.25) is 0 Å². The highest BCUT2D eigenvalue weighted by Crippen LogP contribution is 2.25. The molecule has 164 valence electrons. The fourth-order valence-electron chi connectivity index (χ4n) is 2.93. The zero-order valence-electron chi connectivity index (χ0n) is 17.6. The quantitative estimate of drug-likeness (QED) is 0.367. The fourth-order valence-corrected chi connectivity index (χ4v) is 3.29. The van der Waals surface area contributed by atoms with E-state index >= 15 is 0 Å². The van der Waals surface area contributed by atoms with Crippen LogP contribution in [0.15, 0.2) is 89.8 Å². The van der Waals surface area contributed by atoms with Gasteiger partial charge in [-0.25, -0.2) is 0 Å². The molecule has 1 heterocycles. The van der Waals surface area contributed by atoms with Gasteiger partial charge in [-0.15, -0.1) is 12.6 Å². The molecule has 4 rings (SSSR count). The molecule has 3 aromatic carbocycles. The average Bonchev–Trinajstić information content (AvgIpc) is 3.15. The number of carbonyl (C=O) groups excluding carboxylic acids is 1. The van der Waals surface area contributed by atoms with Crippen LogP contribution in [-0.4, -0.2) is 15.7 Å². The number of nitrogens with two attached hydrogens (primary N) is 1. The van der Waals surface area contributed by atoms with Crippen LogP contribution in [0, 0.1) is 6.92 Å². The molecule has 5 nitrogen and oxygen atoms in total. The first kappa shape index (κ1) is 23.4. The highest BCUT2D eigenvalue weighted by Gasteiger charge is 2.12. The number of aryl methyl sites for hydroxylation is 1. The molecule has 0 aliphatic rings. The molecule has 0 saturated heterocycles. The van der Waals surface area contributed by atoms with Crippen LogP contribution in [0.1, 0.15) is 27.3 Å². The Hall–Kier alpha value is -3.22. The van der Waals surface area contributed by atoms with Crippen molar-refractivity contribution in [1.82, 2.24) is 9.78 Å². The molecule has 1 amide bonds. The zero-order valence-corrected chi connectivity index (χ0v) is 19.3. The summed E-state index contributed by atoms with van der Waals surface area (Å²) in [6.45, 7) is 2.76. The first-order valence-electron chi connectivity index (χ1n) is 9.96. The van der Waals surface area contributed by atoms with Crippen molar-refractivity contribution in [3.63, 3.8) is 0 Å². The summed E-state index contributed by atoms with van der Waals surface area (Å²) in [7, 11) is 0. The maximum absolute atomic E-state index is 11.3. The lowest BCUT2D eigenvalue weighted by atomic mass is 10.2. The number of hydrogen-bond acceptors (Lipinski definition) is 4. The average molecular weight is 466 g/mol. The minimum absolute atomic E-state index is 0.242. The largest absolute Gasteiger partial charge is 0.489 e. The molecule has 0 bridgehead atoms. The SMILES string of the molecule is Cc1cc(C(N)=O)nn1Cc1cc(Cl)ccc1OCc1ccccc1.Sc1ccccc1. The molecule has 0 spiro atoms. The molecule has 0 radical (unpaired) electrons. The molecule has 32 heavy (non-hydrogen) atoms. The molecule has 0 aliphatic heterocycles. The summed E-state index contributed by atoms with van der Waals surface area (Å²) in [4.78, 5) is 12.3. The first-order chi connectivity index (χ1) is 15.4. The summed E-state index contributed by atoms with van der Waals surface area (Å²) in [6.07, 6.45) is 0. The number of thiol groups is 1. The molecule has 0 atom stereocenters. The minimum Gasteiger partial charge on any atom is -0.489 e. The van der Waals surface area contributed by atoms with Gasteiger partial charge in [-0.1, -0.05) is 60.1 Å². The molecule has 7 heteroatoms. The molecule has 0 unspecified atom stereocenters. The van der Waals surface area contributed by atoms with Crippen molar-refractivity contribution in [2.24, 2.45) is 5.73 Å². The summed E-state index contributed by atoms with van der Waals surface area (Å²) in [5, 5.41) is 4.85. The fraction of sp³-hybridized carbons (Fsp3) is 0.120. The van der Waals surface area contributed by atoms with E-state index in [0.29, 0.717) is 18.2 Å². The minimum atomic E-state index is -0.548. The Morgan fingerprint density at radius 3 is 2.25 bits per heavy atom. The number of benzene rings is 3. The number of hydrogen-bond donors (Lipinski definition) is 2. The molecular formula is C25H24ClN3O2S. The maximum Gasteiger partial charge on any atom is 0.269 e. The van der Waals surface area contributed by atoms with E-state index in [-0.39, 0.29) is 5.69 Å².